The van der Waals surface area contributed by atoms with Crippen molar-refractivity contribution in [2.75, 3.05) is 13.7 Å². The number of pyridine rings is 1. The van der Waals surface area contributed by atoms with E-state index < -0.39 is 35.7 Å². The zero-order valence-electron chi connectivity index (χ0n) is 23.8. The SMILES string of the molecule is COc1ccnc(C(=O)N[C@@H](C)c2nc(C(c3ccc(F)cc3)c3ccc(F)cc3)nn2C)c1OC(=O)OCC(C)C. The van der Waals surface area contributed by atoms with Crippen LogP contribution in [0.25, 0.3) is 0 Å². The Morgan fingerprint density at radius 3 is 2.10 bits per heavy atom. The molecule has 220 valence electrons. The summed E-state index contributed by atoms with van der Waals surface area (Å²) in [5.74, 6) is -1.22. The summed E-state index contributed by atoms with van der Waals surface area (Å²) in [5.41, 5.74) is 1.20. The minimum absolute atomic E-state index is 0.0824. The van der Waals surface area contributed by atoms with Gasteiger partial charge in [-0.25, -0.2) is 23.5 Å². The molecule has 0 aliphatic carbocycles. The van der Waals surface area contributed by atoms with Crippen LogP contribution in [-0.2, 0) is 11.8 Å². The molecule has 10 nitrogen and oxygen atoms in total. The van der Waals surface area contributed by atoms with Gasteiger partial charge in [0.05, 0.1) is 25.7 Å². The second-order valence-electron chi connectivity index (χ2n) is 9.93. The van der Waals surface area contributed by atoms with E-state index in [0.717, 1.165) is 0 Å². The molecule has 1 N–H and O–H groups in total. The van der Waals surface area contributed by atoms with Gasteiger partial charge in [-0.15, -0.1) is 0 Å². The lowest BCUT2D eigenvalue weighted by Crippen LogP contribution is -2.30. The van der Waals surface area contributed by atoms with Gasteiger partial charge < -0.3 is 19.5 Å². The van der Waals surface area contributed by atoms with Crippen LogP contribution in [0.3, 0.4) is 0 Å². The third-order valence-corrected chi connectivity index (χ3v) is 6.24. The Labute approximate surface area is 241 Å². The molecule has 0 spiro atoms. The number of amides is 1. The molecule has 2 heterocycles. The fourth-order valence-corrected chi connectivity index (χ4v) is 4.25. The van der Waals surface area contributed by atoms with Crippen molar-refractivity contribution < 1.29 is 32.6 Å². The summed E-state index contributed by atoms with van der Waals surface area (Å²) in [5, 5.41) is 7.38. The van der Waals surface area contributed by atoms with Gasteiger partial charge in [-0.3, -0.25) is 9.48 Å². The van der Waals surface area contributed by atoms with E-state index >= 15 is 0 Å². The van der Waals surface area contributed by atoms with Crippen LogP contribution in [0, 0.1) is 17.6 Å². The first-order valence-electron chi connectivity index (χ1n) is 13.2. The molecule has 0 aliphatic heterocycles. The molecule has 1 amide bonds. The van der Waals surface area contributed by atoms with E-state index in [1.807, 2.05) is 13.8 Å². The maximum absolute atomic E-state index is 13.7. The summed E-state index contributed by atoms with van der Waals surface area (Å²) in [6.45, 7) is 5.58. The summed E-state index contributed by atoms with van der Waals surface area (Å²) >= 11 is 0. The normalized spacial score (nSPS) is 11.8. The first kappa shape index (κ1) is 30.1. The number of aryl methyl sites for hydroxylation is 1. The molecule has 0 radical (unpaired) electrons. The minimum Gasteiger partial charge on any atom is -0.493 e. The standard InChI is InChI=1S/C30H31F2N5O5/c1-17(2)16-41-30(39)42-26-23(40-5)14-15-33-25(26)29(38)34-18(3)28-35-27(36-37(28)4)24(19-6-10-21(31)11-7-19)20-8-12-22(32)13-9-20/h6-15,17-18,24H,16H2,1-5H3,(H,34,38)/t18-/m0/s1. The third kappa shape index (κ3) is 7.06. The van der Waals surface area contributed by atoms with Crippen LogP contribution in [0.5, 0.6) is 11.5 Å². The van der Waals surface area contributed by atoms with Crippen LogP contribution in [0.1, 0.15) is 66.0 Å². The molecule has 0 unspecified atom stereocenters. The molecule has 0 aliphatic rings. The Morgan fingerprint density at radius 2 is 1.55 bits per heavy atom. The fourth-order valence-electron chi connectivity index (χ4n) is 4.25. The van der Waals surface area contributed by atoms with E-state index in [9.17, 15) is 18.4 Å². The molecule has 1 atom stereocenters. The highest BCUT2D eigenvalue weighted by atomic mass is 19.1. The molecular formula is C30H31F2N5O5. The predicted octanol–water partition coefficient (Wildman–Crippen LogP) is 5.34. The topological polar surface area (TPSA) is 117 Å². The zero-order chi connectivity index (χ0) is 30.4. The number of nitrogens with one attached hydrogen (secondary N) is 1. The van der Waals surface area contributed by atoms with E-state index in [1.54, 1.807) is 38.2 Å². The number of ether oxygens (including phenoxy) is 3. The van der Waals surface area contributed by atoms with Crippen molar-refractivity contribution in [1.29, 1.82) is 0 Å². The number of aromatic nitrogens is 4. The number of rotatable bonds is 10. The number of carbonyl (C=O) groups excluding carboxylic acids is 2. The number of methoxy groups -OCH3 is 1. The molecule has 2 aromatic carbocycles. The van der Waals surface area contributed by atoms with Gasteiger partial charge in [-0.1, -0.05) is 38.1 Å². The van der Waals surface area contributed by atoms with Crippen molar-refractivity contribution in [1.82, 2.24) is 25.1 Å². The number of halogens is 2. The van der Waals surface area contributed by atoms with Crippen molar-refractivity contribution in [2.45, 2.75) is 32.7 Å². The summed E-state index contributed by atoms with van der Waals surface area (Å²) in [6, 6.07) is 12.6. The quantitative estimate of drug-likeness (QED) is 0.250. The van der Waals surface area contributed by atoms with Gasteiger partial charge in [0.1, 0.15) is 17.5 Å². The highest BCUT2D eigenvalue weighted by Crippen LogP contribution is 2.32. The lowest BCUT2D eigenvalue weighted by Gasteiger charge is -2.16. The van der Waals surface area contributed by atoms with Crippen LogP contribution in [0.2, 0.25) is 0 Å². The summed E-state index contributed by atoms with van der Waals surface area (Å²) in [7, 11) is 3.04. The van der Waals surface area contributed by atoms with E-state index in [1.165, 1.54) is 48.3 Å². The van der Waals surface area contributed by atoms with Crippen molar-refractivity contribution >= 4 is 12.1 Å². The highest BCUT2D eigenvalue weighted by molar-refractivity contribution is 5.96. The smallest absolute Gasteiger partial charge is 0.493 e. The number of hydrogen-bond donors (Lipinski definition) is 1. The second kappa shape index (κ2) is 13.2. The van der Waals surface area contributed by atoms with Crippen molar-refractivity contribution in [2.24, 2.45) is 13.0 Å². The first-order valence-corrected chi connectivity index (χ1v) is 13.2. The third-order valence-electron chi connectivity index (χ3n) is 6.24. The van der Waals surface area contributed by atoms with Crippen LogP contribution < -0.4 is 14.8 Å². The van der Waals surface area contributed by atoms with Crippen LogP contribution in [-0.4, -0.2) is 45.5 Å². The number of carbonyl (C=O) groups is 2. The number of hydrogen-bond acceptors (Lipinski definition) is 8. The lowest BCUT2D eigenvalue weighted by atomic mass is 9.90. The van der Waals surface area contributed by atoms with Gasteiger partial charge >= 0.3 is 6.16 Å². The summed E-state index contributed by atoms with van der Waals surface area (Å²) < 4.78 is 44.5. The van der Waals surface area contributed by atoms with Gasteiger partial charge in [0.25, 0.3) is 5.91 Å². The first-order chi connectivity index (χ1) is 20.1. The molecular weight excluding hydrogens is 548 g/mol. The van der Waals surface area contributed by atoms with E-state index in [4.69, 9.17) is 19.2 Å². The Hall–Kier alpha value is -4.87. The Morgan fingerprint density at radius 1 is 0.952 bits per heavy atom. The molecule has 0 bridgehead atoms. The monoisotopic (exact) mass is 579 g/mol. The van der Waals surface area contributed by atoms with E-state index in [-0.39, 0.29) is 29.7 Å². The molecule has 0 fully saturated rings. The Balaban J connectivity index is 1.61. The summed E-state index contributed by atoms with van der Waals surface area (Å²) in [4.78, 5) is 34.4. The number of nitrogens with zero attached hydrogens (tertiary/aromatic N) is 4. The van der Waals surface area contributed by atoms with Gasteiger partial charge in [0, 0.05) is 19.3 Å². The van der Waals surface area contributed by atoms with Crippen LogP contribution in [0.15, 0.2) is 60.8 Å². The molecule has 0 saturated heterocycles. The summed E-state index contributed by atoms with van der Waals surface area (Å²) in [6.07, 6.45) is 0.351. The molecule has 0 saturated carbocycles. The lowest BCUT2D eigenvalue weighted by molar-refractivity contribution is 0.0852. The zero-order valence-corrected chi connectivity index (χ0v) is 23.8. The van der Waals surface area contributed by atoms with Crippen molar-refractivity contribution in [3.8, 4) is 11.5 Å². The van der Waals surface area contributed by atoms with E-state index in [0.29, 0.717) is 22.8 Å². The maximum Gasteiger partial charge on any atom is 0.514 e. The molecule has 4 rings (SSSR count). The molecule has 12 heteroatoms. The maximum atomic E-state index is 13.7. The van der Waals surface area contributed by atoms with Crippen LogP contribution in [0.4, 0.5) is 13.6 Å². The Bertz CT molecular complexity index is 1500. The highest BCUT2D eigenvalue weighted by Gasteiger charge is 2.28. The van der Waals surface area contributed by atoms with Gasteiger partial charge in [0.15, 0.2) is 17.3 Å². The second-order valence-corrected chi connectivity index (χ2v) is 9.93. The van der Waals surface area contributed by atoms with Crippen LogP contribution >= 0.6 is 0 Å². The van der Waals surface area contributed by atoms with E-state index in [2.05, 4.69) is 15.4 Å². The average molecular weight is 580 g/mol. The predicted molar refractivity (Wildman–Crippen MR) is 148 cm³/mol. The largest absolute Gasteiger partial charge is 0.514 e. The number of benzene rings is 2. The molecule has 42 heavy (non-hydrogen) atoms. The van der Waals surface area contributed by atoms with Gasteiger partial charge in [-0.2, -0.15) is 5.10 Å². The van der Waals surface area contributed by atoms with Gasteiger partial charge in [0.2, 0.25) is 5.75 Å². The minimum atomic E-state index is -0.998. The van der Waals surface area contributed by atoms with Crippen molar-refractivity contribution in [3.63, 3.8) is 0 Å². The van der Waals surface area contributed by atoms with Crippen molar-refractivity contribution in [3.05, 3.63) is 101 Å². The Kier molecular flexibility index (Phi) is 9.46. The average Bonchev–Trinajstić information content (AvgIpc) is 3.35. The molecule has 2 aromatic heterocycles. The fraction of sp³-hybridized carbons (Fsp3) is 0.300. The molecule has 4 aromatic rings. The van der Waals surface area contributed by atoms with Gasteiger partial charge in [-0.05, 0) is 48.2 Å².